The number of amides is 1. The number of hydrogen-bond donors (Lipinski definition) is 0. The molecular weight excluding hydrogens is 350 g/mol. The molecule has 0 bridgehead atoms. The van der Waals surface area contributed by atoms with E-state index in [4.69, 9.17) is 9.47 Å². The average molecular weight is 386 g/mol. The molecule has 2 aliphatic rings. The van der Waals surface area contributed by atoms with Gasteiger partial charge >= 0.3 is 6.09 Å². The highest BCUT2D eigenvalue weighted by Crippen LogP contribution is 2.30. The lowest BCUT2D eigenvalue weighted by Crippen LogP contribution is -2.39. The van der Waals surface area contributed by atoms with Crippen LogP contribution >= 0.6 is 0 Å². The molecule has 1 aromatic carbocycles. The molecule has 1 fully saturated rings. The van der Waals surface area contributed by atoms with Crippen molar-refractivity contribution in [3.8, 4) is 5.75 Å². The minimum Gasteiger partial charge on any atom is -0.490 e. The minimum atomic E-state index is -0.452. The average Bonchev–Trinajstić information content (AvgIpc) is 2.68. The highest BCUT2D eigenvalue weighted by Gasteiger charge is 2.24. The lowest BCUT2D eigenvalue weighted by Gasteiger charge is -2.30. The first-order valence-electron chi connectivity index (χ1n) is 10.8. The van der Waals surface area contributed by atoms with E-state index in [9.17, 15) is 4.79 Å². The predicted octanol–water partition coefficient (Wildman–Crippen LogP) is 6.06. The first-order valence-corrected chi connectivity index (χ1v) is 10.8. The van der Waals surface area contributed by atoms with Crippen LogP contribution in [-0.4, -0.2) is 35.8 Å². The first kappa shape index (κ1) is 20.8. The Morgan fingerprint density at radius 3 is 2.32 bits per heavy atom. The first-order chi connectivity index (χ1) is 13.3. The second-order valence-corrected chi connectivity index (χ2v) is 9.10. The Balaban J connectivity index is 1.52. The van der Waals surface area contributed by atoms with Crippen molar-refractivity contribution < 1.29 is 14.3 Å². The molecule has 0 radical (unpaired) electrons. The zero-order valence-corrected chi connectivity index (χ0v) is 17.9. The Kier molecular flexibility index (Phi) is 6.69. The summed E-state index contributed by atoms with van der Waals surface area (Å²) in [6.45, 7) is 9.28. The molecule has 1 aromatic rings. The van der Waals surface area contributed by atoms with E-state index in [0.717, 1.165) is 18.1 Å². The van der Waals surface area contributed by atoms with E-state index in [0.29, 0.717) is 19.2 Å². The third-order valence-electron chi connectivity index (χ3n) is 5.76. The molecule has 0 atom stereocenters. The zero-order chi connectivity index (χ0) is 20.1. The molecule has 3 rings (SSSR count). The van der Waals surface area contributed by atoms with E-state index in [-0.39, 0.29) is 6.09 Å². The Bertz CT molecular complexity index is 679. The van der Waals surface area contributed by atoms with Crippen molar-refractivity contribution in [3.63, 3.8) is 0 Å². The maximum absolute atomic E-state index is 12.2. The van der Waals surface area contributed by atoms with Gasteiger partial charge in [0.05, 0.1) is 6.10 Å². The maximum atomic E-state index is 12.2. The monoisotopic (exact) mass is 385 g/mol. The molecule has 1 heterocycles. The van der Waals surface area contributed by atoms with E-state index in [1.807, 2.05) is 20.8 Å². The van der Waals surface area contributed by atoms with E-state index >= 15 is 0 Å². The van der Waals surface area contributed by atoms with Crippen LogP contribution < -0.4 is 4.74 Å². The lowest BCUT2D eigenvalue weighted by molar-refractivity contribution is 0.0270. The van der Waals surface area contributed by atoms with Crippen LogP contribution in [0.25, 0.3) is 5.57 Å². The van der Waals surface area contributed by atoms with Gasteiger partial charge in [-0.1, -0.05) is 31.6 Å². The van der Waals surface area contributed by atoms with Gasteiger partial charge in [0.15, 0.2) is 0 Å². The van der Waals surface area contributed by atoms with Gasteiger partial charge < -0.3 is 14.4 Å². The number of ether oxygens (including phenoxy) is 2. The van der Waals surface area contributed by atoms with Crippen molar-refractivity contribution >= 4 is 11.7 Å². The van der Waals surface area contributed by atoms with Gasteiger partial charge in [-0.05, 0) is 82.1 Å². The zero-order valence-electron chi connectivity index (χ0n) is 17.9. The fraction of sp³-hybridized carbons (Fsp3) is 0.625. The van der Waals surface area contributed by atoms with Crippen molar-refractivity contribution in [2.24, 2.45) is 5.92 Å². The van der Waals surface area contributed by atoms with Crippen LogP contribution in [0.3, 0.4) is 0 Å². The van der Waals surface area contributed by atoms with Gasteiger partial charge in [0.2, 0.25) is 0 Å². The Hall–Kier alpha value is -1.97. The van der Waals surface area contributed by atoms with E-state index in [1.165, 1.54) is 43.2 Å². The second kappa shape index (κ2) is 9.02. The number of carbonyl (C=O) groups excluding carboxylic acids is 1. The number of carbonyl (C=O) groups is 1. The summed E-state index contributed by atoms with van der Waals surface area (Å²) in [6.07, 6.45) is 9.34. The molecule has 0 spiro atoms. The predicted molar refractivity (Wildman–Crippen MR) is 114 cm³/mol. The van der Waals surface area contributed by atoms with Crippen LogP contribution in [-0.2, 0) is 4.74 Å². The third-order valence-corrected chi connectivity index (χ3v) is 5.76. The topological polar surface area (TPSA) is 38.8 Å². The fourth-order valence-electron chi connectivity index (χ4n) is 4.02. The number of hydrogen-bond acceptors (Lipinski definition) is 3. The van der Waals surface area contributed by atoms with Gasteiger partial charge in [0.25, 0.3) is 0 Å². The summed E-state index contributed by atoms with van der Waals surface area (Å²) in [5.41, 5.74) is 2.05. The summed E-state index contributed by atoms with van der Waals surface area (Å²) in [6, 6.07) is 8.45. The van der Waals surface area contributed by atoms with Crippen LogP contribution in [0.15, 0.2) is 30.3 Å². The lowest BCUT2D eigenvalue weighted by atomic mass is 9.86. The highest BCUT2D eigenvalue weighted by atomic mass is 16.6. The second-order valence-electron chi connectivity index (χ2n) is 9.10. The smallest absolute Gasteiger partial charge is 0.410 e. The van der Waals surface area contributed by atoms with Gasteiger partial charge in [0.1, 0.15) is 11.4 Å². The van der Waals surface area contributed by atoms with Gasteiger partial charge in [-0.15, -0.1) is 0 Å². The van der Waals surface area contributed by atoms with E-state index in [1.54, 1.807) is 4.90 Å². The van der Waals surface area contributed by atoms with Crippen LogP contribution in [0, 0.1) is 5.92 Å². The molecule has 0 unspecified atom stereocenters. The number of rotatable bonds is 4. The molecule has 0 aromatic heterocycles. The Morgan fingerprint density at radius 1 is 1.11 bits per heavy atom. The van der Waals surface area contributed by atoms with Crippen LogP contribution in [0.2, 0.25) is 0 Å². The quantitative estimate of drug-likeness (QED) is 0.632. The summed E-state index contributed by atoms with van der Waals surface area (Å²) >= 11 is 0. The molecule has 1 amide bonds. The Morgan fingerprint density at radius 2 is 1.79 bits per heavy atom. The molecule has 4 heteroatoms. The maximum Gasteiger partial charge on any atom is 0.410 e. The van der Waals surface area contributed by atoms with Crippen molar-refractivity contribution in [3.05, 3.63) is 35.9 Å². The molecule has 1 aliphatic heterocycles. The van der Waals surface area contributed by atoms with Gasteiger partial charge in [-0.2, -0.15) is 0 Å². The van der Waals surface area contributed by atoms with Crippen molar-refractivity contribution in [1.29, 1.82) is 0 Å². The van der Waals surface area contributed by atoms with Gasteiger partial charge in [0, 0.05) is 13.1 Å². The fourth-order valence-corrected chi connectivity index (χ4v) is 4.02. The third kappa shape index (κ3) is 5.76. The molecule has 1 aliphatic carbocycles. The van der Waals surface area contributed by atoms with Crippen molar-refractivity contribution in [2.75, 3.05) is 13.1 Å². The van der Waals surface area contributed by atoms with Crippen molar-refractivity contribution in [2.45, 2.75) is 77.9 Å². The molecule has 28 heavy (non-hydrogen) atoms. The van der Waals surface area contributed by atoms with Gasteiger partial charge in [-0.25, -0.2) is 4.79 Å². The summed E-state index contributed by atoms with van der Waals surface area (Å²) in [5.74, 6) is 1.86. The summed E-state index contributed by atoms with van der Waals surface area (Å²) in [5, 5.41) is 0. The van der Waals surface area contributed by atoms with Crippen molar-refractivity contribution in [1.82, 2.24) is 4.90 Å². The van der Waals surface area contributed by atoms with Crippen LogP contribution in [0.4, 0.5) is 4.79 Å². The van der Waals surface area contributed by atoms with Crippen LogP contribution in [0.1, 0.15) is 71.8 Å². The van der Waals surface area contributed by atoms with E-state index in [2.05, 4.69) is 37.3 Å². The number of benzene rings is 1. The molecule has 4 nitrogen and oxygen atoms in total. The molecule has 154 valence electrons. The minimum absolute atomic E-state index is 0.232. The standard InChI is InChI=1S/C24H35NO3/c1-5-18-6-10-21(11-7-18)27-22-12-8-19(9-13-22)20-14-16-25(17-15-20)23(26)28-24(2,3)4/h8-9,12-14,18,21H,5-7,10-11,15-17H2,1-4H3/t18-,21+. The van der Waals surface area contributed by atoms with Crippen LogP contribution in [0.5, 0.6) is 5.75 Å². The highest BCUT2D eigenvalue weighted by molar-refractivity contribution is 5.72. The summed E-state index contributed by atoms with van der Waals surface area (Å²) in [4.78, 5) is 14.0. The summed E-state index contributed by atoms with van der Waals surface area (Å²) < 4.78 is 11.7. The van der Waals surface area contributed by atoms with E-state index < -0.39 is 5.60 Å². The molecule has 0 saturated heterocycles. The SMILES string of the molecule is CC[C@H]1CC[C@@H](Oc2ccc(C3=CCN(C(=O)OC(C)(C)C)CC3)cc2)CC1. The normalized spacial score (nSPS) is 23.1. The van der Waals surface area contributed by atoms with Gasteiger partial charge in [-0.3, -0.25) is 0 Å². The largest absolute Gasteiger partial charge is 0.490 e. The summed E-state index contributed by atoms with van der Waals surface area (Å²) in [7, 11) is 0. The molecular formula is C24H35NO3. The number of nitrogens with zero attached hydrogens (tertiary/aromatic N) is 1. The molecule has 0 N–H and O–H groups in total. The Labute approximate surface area is 169 Å². The molecule has 1 saturated carbocycles.